The summed E-state index contributed by atoms with van der Waals surface area (Å²) >= 11 is 3.35. The molecule has 0 aliphatic heterocycles. The topological polar surface area (TPSA) is 70.2 Å². The van der Waals surface area contributed by atoms with Gasteiger partial charge in [0.15, 0.2) is 0 Å². The van der Waals surface area contributed by atoms with Gasteiger partial charge < -0.3 is 16.0 Å². The average molecular weight is 376 g/mol. The van der Waals surface area contributed by atoms with Gasteiger partial charge in [-0.3, -0.25) is 9.59 Å². The van der Waals surface area contributed by atoms with Crippen LogP contribution in [0.5, 0.6) is 0 Å². The minimum absolute atomic E-state index is 0.155. The quantitative estimate of drug-likeness (QED) is 0.750. The van der Waals surface area contributed by atoms with Gasteiger partial charge >= 0.3 is 0 Å². The zero-order valence-corrected chi connectivity index (χ0v) is 14.5. The molecule has 0 aliphatic rings. The summed E-state index contributed by atoms with van der Waals surface area (Å²) in [5.41, 5.74) is 1.98. The van der Waals surface area contributed by atoms with E-state index in [0.29, 0.717) is 11.3 Å². The molecule has 0 unspecified atom stereocenters. The number of anilines is 2. The Morgan fingerprint density at radius 3 is 2.39 bits per heavy atom. The summed E-state index contributed by atoms with van der Waals surface area (Å²) in [4.78, 5) is 23.8. The van der Waals surface area contributed by atoms with Crippen LogP contribution < -0.4 is 16.0 Å². The molecule has 2 aromatic rings. The third-order valence-corrected chi connectivity index (χ3v) is 3.77. The summed E-state index contributed by atoms with van der Waals surface area (Å²) in [7, 11) is 1.58. The van der Waals surface area contributed by atoms with Crippen molar-refractivity contribution >= 4 is 39.1 Å². The third-order valence-electron chi connectivity index (χ3n) is 3.24. The Balaban J connectivity index is 2.00. The van der Waals surface area contributed by atoms with Crippen molar-refractivity contribution in [1.82, 2.24) is 5.32 Å². The molecule has 5 nitrogen and oxygen atoms in total. The Morgan fingerprint density at radius 1 is 1.04 bits per heavy atom. The Labute approximate surface area is 143 Å². The lowest BCUT2D eigenvalue weighted by atomic mass is 10.1. The van der Waals surface area contributed by atoms with Crippen LogP contribution >= 0.6 is 15.9 Å². The van der Waals surface area contributed by atoms with E-state index in [1.165, 1.54) is 0 Å². The molecule has 0 aliphatic carbocycles. The Morgan fingerprint density at radius 2 is 1.74 bits per heavy atom. The second-order valence-electron chi connectivity index (χ2n) is 5.02. The number of amides is 2. The van der Waals surface area contributed by atoms with Crippen molar-refractivity contribution < 1.29 is 9.59 Å². The molecule has 120 valence electrons. The lowest BCUT2D eigenvalue weighted by Crippen LogP contribution is -2.32. The molecule has 0 saturated carbocycles. The predicted octanol–water partition coefficient (Wildman–Crippen LogP) is 3.25. The van der Waals surface area contributed by atoms with E-state index < -0.39 is 6.04 Å². The fourth-order valence-corrected chi connectivity index (χ4v) is 2.26. The van der Waals surface area contributed by atoms with Crippen LogP contribution in [0.1, 0.15) is 17.3 Å². The minimum Gasteiger partial charge on any atom is -0.374 e. The van der Waals surface area contributed by atoms with Gasteiger partial charge in [-0.15, -0.1) is 0 Å². The Kier molecular flexibility index (Phi) is 5.76. The summed E-state index contributed by atoms with van der Waals surface area (Å²) in [6, 6.07) is 13.9. The molecule has 23 heavy (non-hydrogen) atoms. The van der Waals surface area contributed by atoms with Gasteiger partial charge in [0.25, 0.3) is 5.91 Å². The number of nitrogens with one attached hydrogen (secondary N) is 3. The van der Waals surface area contributed by atoms with Crippen LogP contribution in [0, 0.1) is 0 Å². The largest absolute Gasteiger partial charge is 0.374 e. The molecule has 0 spiro atoms. The Bertz CT molecular complexity index is 701. The first-order valence-electron chi connectivity index (χ1n) is 7.14. The molecule has 3 N–H and O–H groups in total. The number of rotatable bonds is 5. The van der Waals surface area contributed by atoms with E-state index in [-0.39, 0.29) is 11.8 Å². The SMILES string of the molecule is CNC(=O)c1cccc(N[C@H](C)C(=O)Nc2ccc(Br)cc2)c1. The van der Waals surface area contributed by atoms with Gasteiger partial charge in [-0.1, -0.05) is 22.0 Å². The highest BCUT2D eigenvalue weighted by atomic mass is 79.9. The van der Waals surface area contributed by atoms with Crippen molar-refractivity contribution in [3.05, 3.63) is 58.6 Å². The predicted molar refractivity (Wildman–Crippen MR) is 95.7 cm³/mol. The van der Waals surface area contributed by atoms with Gasteiger partial charge in [-0.25, -0.2) is 0 Å². The lowest BCUT2D eigenvalue weighted by molar-refractivity contribution is -0.116. The lowest BCUT2D eigenvalue weighted by Gasteiger charge is -2.16. The van der Waals surface area contributed by atoms with Gasteiger partial charge in [0.05, 0.1) is 0 Å². The van der Waals surface area contributed by atoms with Crippen LogP contribution in [0.3, 0.4) is 0 Å². The zero-order chi connectivity index (χ0) is 16.8. The number of halogens is 1. The third kappa shape index (κ3) is 4.82. The Hall–Kier alpha value is -2.34. The van der Waals surface area contributed by atoms with E-state index in [9.17, 15) is 9.59 Å². The fraction of sp³-hybridized carbons (Fsp3) is 0.176. The first kappa shape index (κ1) is 17.0. The fourth-order valence-electron chi connectivity index (χ4n) is 1.99. The molecule has 0 aromatic heterocycles. The summed E-state index contributed by atoms with van der Waals surface area (Å²) in [6.45, 7) is 1.76. The van der Waals surface area contributed by atoms with Crippen molar-refractivity contribution in [3.8, 4) is 0 Å². The molecule has 0 saturated heterocycles. The van der Waals surface area contributed by atoms with Crippen LogP contribution in [-0.4, -0.2) is 24.9 Å². The summed E-state index contributed by atoms with van der Waals surface area (Å²) in [5, 5.41) is 8.50. The molecular formula is C17H18BrN3O2. The number of benzene rings is 2. The molecule has 2 rings (SSSR count). The molecule has 2 amide bonds. The van der Waals surface area contributed by atoms with Crippen LogP contribution in [0.25, 0.3) is 0 Å². The first-order chi connectivity index (χ1) is 11.0. The van der Waals surface area contributed by atoms with E-state index in [0.717, 1.165) is 10.2 Å². The molecule has 2 aromatic carbocycles. The molecule has 1 atom stereocenters. The monoisotopic (exact) mass is 375 g/mol. The standard InChI is InChI=1S/C17H18BrN3O2/c1-11(16(22)21-14-8-6-13(18)7-9-14)20-15-5-3-4-12(10-15)17(23)19-2/h3-11,20H,1-2H3,(H,19,23)(H,21,22)/t11-/m1/s1. The smallest absolute Gasteiger partial charge is 0.251 e. The molecule has 0 bridgehead atoms. The molecule has 0 heterocycles. The number of carbonyl (C=O) groups excluding carboxylic acids is 2. The maximum atomic E-state index is 12.2. The summed E-state index contributed by atoms with van der Waals surface area (Å²) in [6.07, 6.45) is 0. The van der Waals surface area contributed by atoms with Crippen molar-refractivity contribution in [2.45, 2.75) is 13.0 Å². The van der Waals surface area contributed by atoms with Crippen molar-refractivity contribution in [3.63, 3.8) is 0 Å². The van der Waals surface area contributed by atoms with Crippen molar-refractivity contribution in [2.24, 2.45) is 0 Å². The van der Waals surface area contributed by atoms with Crippen LogP contribution in [0.15, 0.2) is 53.0 Å². The van der Waals surface area contributed by atoms with Crippen LogP contribution in [0.2, 0.25) is 0 Å². The van der Waals surface area contributed by atoms with E-state index >= 15 is 0 Å². The van der Waals surface area contributed by atoms with E-state index in [2.05, 4.69) is 31.9 Å². The van der Waals surface area contributed by atoms with Gasteiger partial charge in [-0.05, 0) is 49.4 Å². The highest BCUT2D eigenvalue weighted by molar-refractivity contribution is 9.10. The van der Waals surface area contributed by atoms with Crippen molar-refractivity contribution in [2.75, 3.05) is 17.7 Å². The molecular weight excluding hydrogens is 358 g/mol. The maximum Gasteiger partial charge on any atom is 0.251 e. The molecule has 0 fully saturated rings. The summed E-state index contributed by atoms with van der Waals surface area (Å²) < 4.78 is 0.952. The van der Waals surface area contributed by atoms with E-state index in [1.54, 1.807) is 32.2 Å². The highest BCUT2D eigenvalue weighted by Crippen LogP contribution is 2.15. The number of hydrogen-bond donors (Lipinski definition) is 3. The normalized spacial score (nSPS) is 11.4. The van der Waals surface area contributed by atoms with Gasteiger partial charge in [0.2, 0.25) is 5.91 Å². The van der Waals surface area contributed by atoms with Gasteiger partial charge in [0.1, 0.15) is 6.04 Å². The second kappa shape index (κ2) is 7.78. The first-order valence-corrected chi connectivity index (χ1v) is 7.94. The summed E-state index contributed by atoms with van der Waals surface area (Å²) in [5.74, 6) is -0.321. The highest BCUT2D eigenvalue weighted by Gasteiger charge is 2.13. The van der Waals surface area contributed by atoms with Crippen molar-refractivity contribution in [1.29, 1.82) is 0 Å². The molecule has 0 radical (unpaired) electrons. The van der Waals surface area contributed by atoms with Crippen LogP contribution in [-0.2, 0) is 4.79 Å². The van der Waals surface area contributed by atoms with E-state index in [1.807, 2.05) is 30.3 Å². The van der Waals surface area contributed by atoms with E-state index in [4.69, 9.17) is 0 Å². The number of carbonyl (C=O) groups is 2. The van der Waals surface area contributed by atoms with Gasteiger partial charge in [0, 0.05) is 28.5 Å². The maximum absolute atomic E-state index is 12.2. The average Bonchev–Trinajstić information content (AvgIpc) is 2.56. The van der Waals surface area contributed by atoms with Crippen LogP contribution in [0.4, 0.5) is 11.4 Å². The second-order valence-corrected chi connectivity index (χ2v) is 5.94. The van der Waals surface area contributed by atoms with Gasteiger partial charge in [-0.2, -0.15) is 0 Å². The zero-order valence-electron chi connectivity index (χ0n) is 12.9. The minimum atomic E-state index is -0.446. The number of hydrogen-bond acceptors (Lipinski definition) is 3. The molecule has 6 heteroatoms.